The molecule has 1 aromatic heterocycles. The van der Waals surface area contributed by atoms with E-state index in [1.807, 2.05) is 17.9 Å². The molecule has 1 aliphatic heterocycles. The second-order valence-electron chi connectivity index (χ2n) is 6.11. The Hall–Kier alpha value is -1.07. The summed E-state index contributed by atoms with van der Waals surface area (Å²) in [5.74, 6) is 1.85. The number of carbonyl (C=O) groups is 1. The summed E-state index contributed by atoms with van der Waals surface area (Å²) < 4.78 is 5.00. The Balaban J connectivity index is 0.00000161. The normalized spacial score (nSPS) is 19.4. The highest BCUT2D eigenvalue weighted by Crippen LogP contribution is 2.28. The molecule has 1 saturated carbocycles. The predicted octanol–water partition coefficient (Wildman–Crippen LogP) is 1.94. The zero-order valence-corrected chi connectivity index (χ0v) is 13.3. The second kappa shape index (κ2) is 7.27. The Morgan fingerprint density at radius 2 is 2.10 bits per heavy atom. The van der Waals surface area contributed by atoms with Crippen molar-refractivity contribution in [1.29, 1.82) is 0 Å². The fourth-order valence-corrected chi connectivity index (χ4v) is 2.76. The number of nitrogens with zero attached hydrogens (tertiary/aromatic N) is 2. The van der Waals surface area contributed by atoms with Crippen molar-refractivity contribution >= 4 is 18.3 Å². The second-order valence-corrected chi connectivity index (χ2v) is 6.11. The van der Waals surface area contributed by atoms with Gasteiger partial charge >= 0.3 is 0 Å². The van der Waals surface area contributed by atoms with E-state index in [0.29, 0.717) is 12.5 Å². The Bertz CT molecular complexity index is 465. The molecule has 0 bridgehead atoms. The molecule has 0 aromatic carbocycles. The summed E-state index contributed by atoms with van der Waals surface area (Å²) in [5, 5.41) is 7.52. The lowest BCUT2D eigenvalue weighted by molar-refractivity contribution is -0.131. The Morgan fingerprint density at radius 3 is 2.67 bits per heavy atom. The molecule has 118 valence electrons. The number of amides is 1. The third kappa shape index (κ3) is 4.71. The Morgan fingerprint density at radius 1 is 1.38 bits per heavy atom. The van der Waals surface area contributed by atoms with Gasteiger partial charge in [0, 0.05) is 25.2 Å². The van der Waals surface area contributed by atoms with Crippen LogP contribution >= 0.6 is 12.4 Å². The van der Waals surface area contributed by atoms with Gasteiger partial charge in [0.1, 0.15) is 5.76 Å². The van der Waals surface area contributed by atoms with Gasteiger partial charge < -0.3 is 14.7 Å². The van der Waals surface area contributed by atoms with E-state index in [9.17, 15) is 4.79 Å². The van der Waals surface area contributed by atoms with Crippen LogP contribution in [0.25, 0.3) is 0 Å². The van der Waals surface area contributed by atoms with E-state index < -0.39 is 0 Å². The maximum atomic E-state index is 12.2. The number of carbonyl (C=O) groups excluding carboxylic acids is 1. The van der Waals surface area contributed by atoms with E-state index in [1.165, 1.54) is 12.8 Å². The van der Waals surface area contributed by atoms with Crippen molar-refractivity contribution in [2.45, 2.75) is 45.1 Å². The van der Waals surface area contributed by atoms with Crippen molar-refractivity contribution in [3.8, 4) is 0 Å². The van der Waals surface area contributed by atoms with Crippen LogP contribution in [0.1, 0.15) is 37.1 Å². The SMILES string of the molecule is Cc1cc(CC(=O)N2CCC(NCC3CC3)CC2)no1.Cl. The number of halogens is 1. The van der Waals surface area contributed by atoms with Crippen LogP contribution in [-0.4, -0.2) is 41.6 Å². The van der Waals surface area contributed by atoms with E-state index in [1.54, 1.807) is 0 Å². The minimum Gasteiger partial charge on any atom is -0.361 e. The van der Waals surface area contributed by atoms with Crippen LogP contribution < -0.4 is 5.32 Å². The summed E-state index contributed by atoms with van der Waals surface area (Å²) in [6.07, 6.45) is 5.27. The Kier molecular flexibility index (Phi) is 5.65. The van der Waals surface area contributed by atoms with Crippen LogP contribution in [0.3, 0.4) is 0 Å². The molecule has 1 aliphatic carbocycles. The molecule has 1 saturated heterocycles. The maximum Gasteiger partial charge on any atom is 0.228 e. The number of aryl methyl sites for hydroxylation is 1. The molecule has 0 unspecified atom stereocenters. The quantitative estimate of drug-likeness (QED) is 0.902. The van der Waals surface area contributed by atoms with Crippen LogP contribution in [0, 0.1) is 12.8 Å². The molecular weight excluding hydrogens is 290 g/mol. The van der Waals surface area contributed by atoms with Crippen molar-refractivity contribution in [3.63, 3.8) is 0 Å². The molecule has 2 aliphatic rings. The molecule has 21 heavy (non-hydrogen) atoms. The summed E-state index contributed by atoms with van der Waals surface area (Å²) >= 11 is 0. The first-order valence-corrected chi connectivity index (χ1v) is 7.64. The van der Waals surface area contributed by atoms with Gasteiger partial charge in [-0.05, 0) is 45.1 Å². The molecule has 6 heteroatoms. The molecule has 1 aromatic rings. The number of rotatable bonds is 5. The van der Waals surface area contributed by atoms with Crippen molar-refractivity contribution in [2.75, 3.05) is 19.6 Å². The van der Waals surface area contributed by atoms with E-state index >= 15 is 0 Å². The maximum absolute atomic E-state index is 12.2. The van der Waals surface area contributed by atoms with Crippen molar-refractivity contribution < 1.29 is 9.32 Å². The van der Waals surface area contributed by atoms with Crippen molar-refractivity contribution in [3.05, 3.63) is 17.5 Å². The molecule has 3 rings (SSSR count). The lowest BCUT2D eigenvalue weighted by Crippen LogP contribution is -2.45. The van der Waals surface area contributed by atoms with Gasteiger partial charge in [0.05, 0.1) is 12.1 Å². The third-order valence-electron chi connectivity index (χ3n) is 4.25. The van der Waals surface area contributed by atoms with Crippen LogP contribution in [0.5, 0.6) is 0 Å². The Labute approximate surface area is 131 Å². The molecule has 5 nitrogen and oxygen atoms in total. The largest absolute Gasteiger partial charge is 0.361 e. The molecular formula is C15H24ClN3O2. The molecule has 0 radical (unpaired) electrons. The van der Waals surface area contributed by atoms with Gasteiger partial charge in [0.15, 0.2) is 0 Å². The average molecular weight is 314 g/mol. The highest BCUT2D eigenvalue weighted by Gasteiger charge is 2.26. The number of hydrogen-bond acceptors (Lipinski definition) is 4. The average Bonchev–Trinajstić information content (AvgIpc) is 3.20. The van der Waals surface area contributed by atoms with Gasteiger partial charge in [-0.1, -0.05) is 5.16 Å². The molecule has 2 heterocycles. The number of piperidine rings is 1. The van der Waals surface area contributed by atoms with Gasteiger partial charge in [-0.3, -0.25) is 4.79 Å². The summed E-state index contributed by atoms with van der Waals surface area (Å²) in [7, 11) is 0. The number of likely N-dealkylation sites (tertiary alicyclic amines) is 1. The molecule has 2 fully saturated rings. The number of aromatic nitrogens is 1. The van der Waals surface area contributed by atoms with Gasteiger partial charge in [-0.15, -0.1) is 12.4 Å². The topological polar surface area (TPSA) is 58.4 Å². The highest BCUT2D eigenvalue weighted by atomic mass is 35.5. The zero-order chi connectivity index (χ0) is 13.9. The zero-order valence-electron chi connectivity index (χ0n) is 12.5. The fourth-order valence-electron chi connectivity index (χ4n) is 2.76. The summed E-state index contributed by atoms with van der Waals surface area (Å²) in [6, 6.07) is 2.43. The number of hydrogen-bond donors (Lipinski definition) is 1. The lowest BCUT2D eigenvalue weighted by atomic mass is 10.0. The molecule has 0 atom stereocenters. The lowest BCUT2D eigenvalue weighted by Gasteiger charge is -2.32. The van der Waals surface area contributed by atoms with Crippen LogP contribution in [-0.2, 0) is 11.2 Å². The van der Waals surface area contributed by atoms with Crippen LogP contribution in [0.4, 0.5) is 0 Å². The van der Waals surface area contributed by atoms with Gasteiger partial charge in [-0.2, -0.15) is 0 Å². The summed E-state index contributed by atoms with van der Waals surface area (Å²) in [4.78, 5) is 14.1. The predicted molar refractivity (Wildman–Crippen MR) is 82.5 cm³/mol. The summed E-state index contributed by atoms with van der Waals surface area (Å²) in [6.45, 7) is 4.73. The molecule has 0 spiro atoms. The first-order chi connectivity index (χ1) is 9.70. The smallest absolute Gasteiger partial charge is 0.228 e. The first kappa shape index (κ1) is 16.3. The van der Waals surface area contributed by atoms with Crippen LogP contribution in [0.2, 0.25) is 0 Å². The van der Waals surface area contributed by atoms with Crippen molar-refractivity contribution in [1.82, 2.24) is 15.4 Å². The first-order valence-electron chi connectivity index (χ1n) is 7.64. The monoisotopic (exact) mass is 313 g/mol. The fraction of sp³-hybridized carbons (Fsp3) is 0.733. The van der Waals surface area contributed by atoms with E-state index in [2.05, 4.69) is 10.5 Å². The van der Waals surface area contributed by atoms with Gasteiger partial charge in [-0.25, -0.2) is 0 Å². The van der Waals surface area contributed by atoms with Crippen LogP contribution in [0.15, 0.2) is 10.6 Å². The van der Waals surface area contributed by atoms with Gasteiger partial charge in [0.25, 0.3) is 0 Å². The van der Waals surface area contributed by atoms with E-state index in [4.69, 9.17) is 4.52 Å². The standard InChI is InChI=1S/C15H23N3O2.ClH/c1-11-8-14(17-20-11)9-15(19)18-6-4-13(5-7-18)16-10-12-2-3-12;/h8,12-13,16H,2-7,9-10H2,1H3;1H. The minimum absolute atomic E-state index is 0. The third-order valence-corrected chi connectivity index (χ3v) is 4.25. The van der Waals surface area contributed by atoms with Gasteiger partial charge in [0.2, 0.25) is 5.91 Å². The van der Waals surface area contributed by atoms with E-state index in [-0.39, 0.29) is 18.3 Å². The molecule has 1 N–H and O–H groups in total. The van der Waals surface area contributed by atoms with Crippen molar-refractivity contribution in [2.24, 2.45) is 5.92 Å². The molecule has 1 amide bonds. The van der Waals surface area contributed by atoms with E-state index in [0.717, 1.165) is 49.8 Å². The number of nitrogens with one attached hydrogen (secondary N) is 1. The summed E-state index contributed by atoms with van der Waals surface area (Å²) in [5.41, 5.74) is 0.737. The highest BCUT2D eigenvalue weighted by molar-refractivity contribution is 5.85. The minimum atomic E-state index is 0.